The molecule has 0 radical (unpaired) electrons. The number of benzene rings is 2. The Morgan fingerprint density at radius 1 is 0.630 bits per heavy atom. The quantitative estimate of drug-likeness (QED) is 0.429. The minimum Gasteiger partial charge on any atom is -0.0623 e. The van der Waals surface area contributed by atoms with E-state index in [0.717, 1.165) is 12.1 Å². The maximum absolute atomic E-state index is 12.1. The molecule has 0 saturated heterocycles. The number of hydrogen-bond acceptors (Lipinski definition) is 4. The van der Waals surface area contributed by atoms with E-state index in [1.807, 2.05) is 36.4 Å². The summed E-state index contributed by atoms with van der Waals surface area (Å²) < 4.78 is 80.1. The van der Waals surface area contributed by atoms with Gasteiger partial charge in [-0.05, 0) is 0 Å². The van der Waals surface area contributed by atoms with Gasteiger partial charge < -0.3 is 0 Å². The number of rotatable bonds is 3. The minimum atomic E-state index is -5.41. The van der Waals surface area contributed by atoms with Crippen molar-refractivity contribution < 1.29 is 42.1 Å². The molecule has 0 aromatic heterocycles. The molecule has 0 amide bonds. The van der Waals surface area contributed by atoms with Crippen molar-refractivity contribution in [2.24, 2.45) is 0 Å². The Morgan fingerprint density at radius 3 is 1.22 bits per heavy atom. The molecule has 0 fully saturated rings. The molecule has 0 saturated carbocycles. The van der Waals surface area contributed by atoms with E-state index in [1.54, 1.807) is 0 Å². The van der Waals surface area contributed by atoms with Crippen molar-refractivity contribution >= 4 is 32.6 Å². The fourth-order valence-corrected chi connectivity index (χ4v) is 4.05. The zero-order valence-corrected chi connectivity index (χ0v) is 15.3. The van der Waals surface area contributed by atoms with Crippen molar-refractivity contribution in [3.05, 3.63) is 70.3 Å². The average Bonchev–Trinajstić information content (AvgIpc) is 2.62. The summed E-state index contributed by atoms with van der Waals surface area (Å²) in [5.41, 5.74) is 0. The van der Waals surface area contributed by atoms with E-state index >= 15 is 0 Å². The van der Waals surface area contributed by atoms with Crippen LogP contribution in [0, 0.1) is 3.57 Å². The van der Waals surface area contributed by atoms with Gasteiger partial charge in [-0.3, -0.25) is 0 Å². The summed E-state index contributed by atoms with van der Waals surface area (Å²) in [7, 11) is 0. The van der Waals surface area contributed by atoms with E-state index in [-0.39, 0.29) is 3.57 Å². The van der Waals surface area contributed by atoms with Crippen LogP contribution in [0.2, 0.25) is 0 Å². The van der Waals surface area contributed by atoms with Crippen LogP contribution in [-0.4, -0.2) is 24.3 Å². The smallest absolute Gasteiger partial charge is 0.0623 e. The van der Waals surface area contributed by atoms with E-state index in [4.69, 9.17) is 0 Å². The van der Waals surface area contributed by atoms with Gasteiger partial charge in [-0.25, -0.2) is 0 Å². The van der Waals surface area contributed by atoms with E-state index in [0.29, 0.717) is 0 Å². The summed E-state index contributed by atoms with van der Waals surface area (Å²) in [5, 5.41) is 0. The summed E-state index contributed by atoms with van der Waals surface area (Å²) >= 11 is -4.25. The van der Waals surface area contributed by atoms with Crippen LogP contribution < -0.4 is 0 Å². The van der Waals surface area contributed by atoms with Crippen molar-refractivity contribution in [2.75, 3.05) is 0 Å². The standard InChI is InChI=1S/C10H5F6IO4.C6H6/c11-9(12,13)7(18)20-17(6-4-2-1-3-5-6)21-8(19)10(14,15)16;1-2-4-6-5-3-1/h1-5H;1-6H. The molecule has 0 atom stereocenters. The van der Waals surface area contributed by atoms with Crippen LogP contribution in [0.3, 0.4) is 0 Å². The number of halogens is 7. The van der Waals surface area contributed by atoms with Gasteiger partial charge in [-0.15, -0.1) is 0 Å². The molecule has 0 heterocycles. The third-order valence-electron chi connectivity index (χ3n) is 2.32. The molecular weight excluding hydrogens is 497 g/mol. The Morgan fingerprint density at radius 2 is 0.926 bits per heavy atom. The van der Waals surface area contributed by atoms with Crippen LogP contribution in [0.15, 0.2) is 66.7 Å². The zero-order valence-electron chi connectivity index (χ0n) is 13.1. The molecule has 4 nitrogen and oxygen atoms in total. The van der Waals surface area contributed by atoms with Crippen molar-refractivity contribution in [3.63, 3.8) is 0 Å². The molecule has 0 aliphatic carbocycles. The number of carbonyl (C=O) groups excluding carboxylic acids is 2. The van der Waals surface area contributed by atoms with Crippen LogP contribution in [0.5, 0.6) is 0 Å². The van der Waals surface area contributed by atoms with Gasteiger partial charge in [0.25, 0.3) is 0 Å². The van der Waals surface area contributed by atoms with Gasteiger partial charge in [0, 0.05) is 0 Å². The molecule has 0 unspecified atom stereocenters. The number of carbonyl (C=O) groups is 2. The second-order valence-corrected chi connectivity index (χ2v) is 7.76. The first kappa shape index (κ1) is 22.7. The van der Waals surface area contributed by atoms with Crippen LogP contribution in [0.1, 0.15) is 0 Å². The van der Waals surface area contributed by atoms with Crippen molar-refractivity contribution in [1.29, 1.82) is 0 Å². The molecule has 11 heteroatoms. The summed E-state index contributed by atoms with van der Waals surface area (Å²) in [4.78, 5) is 21.4. The normalized spacial score (nSPS) is 11.6. The van der Waals surface area contributed by atoms with Crippen LogP contribution in [0.25, 0.3) is 0 Å². The fraction of sp³-hybridized carbons (Fsp3) is 0.125. The Balaban J connectivity index is 0.000000511. The summed E-state index contributed by atoms with van der Waals surface area (Å²) in [6, 6.07) is 18.2. The van der Waals surface area contributed by atoms with Crippen LogP contribution in [-0.2, 0) is 15.7 Å². The van der Waals surface area contributed by atoms with Gasteiger partial charge in [-0.2, -0.15) is 0 Å². The van der Waals surface area contributed by atoms with Crippen LogP contribution >= 0.6 is 20.6 Å². The molecular formula is C16H11F6IO4. The van der Waals surface area contributed by atoms with Gasteiger partial charge in [0.2, 0.25) is 0 Å². The third-order valence-corrected chi connectivity index (χ3v) is 5.66. The van der Waals surface area contributed by atoms with Crippen LogP contribution in [0.4, 0.5) is 26.3 Å². The summed E-state index contributed by atoms with van der Waals surface area (Å²) in [6.45, 7) is 0. The first-order chi connectivity index (χ1) is 12.5. The molecule has 0 bridgehead atoms. The third kappa shape index (κ3) is 8.75. The molecule has 148 valence electrons. The predicted molar refractivity (Wildman–Crippen MR) is 89.9 cm³/mol. The molecule has 2 rings (SSSR count). The summed E-state index contributed by atoms with van der Waals surface area (Å²) in [6.07, 6.45) is -10.8. The Labute approximate surface area is 157 Å². The van der Waals surface area contributed by atoms with E-state index in [2.05, 4.69) is 6.13 Å². The SMILES string of the molecule is O=C(OI(OC(=O)C(F)(F)F)c1ccccc1)C(F)(F)F.c1ccccc1. The first-order valence-electron chi connectivity index (χ1n) is 6.86. The Hall–Kier alpha value is -2.31. The largest absolute Gasteiger partial charge is 0.0623 e. The maximum Gasteiger partial charge on any atom is -0.0623 e. The molecule has 27 heavy (non-hydrogen) atoms. The minimum absolute atomic E-state index is 0.211. The Kier molecular flexibility index (Phi) is 8.53. The topological polar surface area (TPSA) is 52.6 Å². The number of hydrogen-bond donors (Lipinski definition) is 0. The van der Waals surface area contributed by atoms with Crippen molar-refractivity contribution in [1.82, 2.24) is 0 Å². The van der Waals surface area contributed by atoms with E-state index in [1.165, 1.54) is 18.2 Å². The van der Waals surface area contributed by atoms with Gasteiger partial charge >= 0.3 is 121 Å². The van der Waals surface area contributed by atoms with Gasteiger partial charge in [-0.1, -0.05) is 36.4 Å². The molecule has 0 aliphatic heterocycles. The zero-order chi connectivity index (χ0) is 20.5. The average molecular weight is 508 g/mol. The molecule has 0 spiro atoms. The maximum atomic E-state index is 12.1. The second kappa shape index (κ2) is 10.1. The number of alkyl halides is 6. The van der Waals surface area contributed by atoms with E-state index < -0.39 is 44.9 Å². The van der Waals surface area contributed by atoms with Gasteiger partial charge in [0.05, 0.1) is 0 Å². The molecule has 0 N–H and O–H groups in total. The monoisotopic (exact) mass is 508 g/mol. The van der Waals surface area contributed by atoms with Gasteiger partial charge in [0.1, 0.15) is 0 Å². The van der Waals surface area contributed by atoms with Crippen molar-refractivity contribution in [2.45, 2.75) is 12.4 Å². The fourth-order valence-electron chi connectivity index (χ4n) is 1.22. The predicted octanol–water partition coefficient (Wildman–Crippen LogP) is 5.09. The molecule has 2 aromatic rings. The van der Waals surface area contributed by atoms with E-state index in [9.17, 15) is 35.9 Å². The first-order valence-corrected chi connectivity index (χ1v) is 9.70. The molecule has 2 aromatic carbocycles. The second-order valence-electron chi connectivity index (χ2n) is 4.39. The van der Waals surface area contributed by atoms with Crippen molar-refractivity contribution in [3.8, 4) is 0 Å². The summed E-state index contributed by atoms with van der Waals surface area (Å²) in [5.74, 6) is -5.43. The molecule has 0 aliphatic rings. The Bertz CT molecular complexity index is 664. The van der Waals surface area contributed by atoms with Gasteiger partial charge in [0.15, 0.2) is 0 Å².